The summed E-state index contributed by atoms with van der Waals surface area (Å²) in [4.78, 5) is 0. The molecule has 0 N–H and O–H groups in total. The summed E-state index contributed by atoms with van der Waals surface area (Å²) in [5.41, 5.74) is 0. The van der Waals surface area contributed by atoms with E-state index >= 15 is 0 Å². The average molecular weight is 415 g/mol. The van der Waals surface area contributed by atoms with Crippen molar-refractivity contribution in [3.05, 3.63) is 91.0 Å². The molecule has 3 aromatic rings. The van der Waals surface area contributed by atoms with Crippen molar-refractivity contribution in [2.75, 3.05) is 0 Å². The Hall–Kier alpha value is -0.326. The summed E-state index contributed by atoms with van der Waals surface area (Å²) in [5, 5.41) is 4.31. The van der Waals surface area contributed by atoms with Gasteiger partial charge in [0.05, 0.1) is 7.92 Å². The first-order chi connectivity index (χ1) is 9.45. The van der Waals surface area contributed by atoms with Crippen molar-refractivity contribution < 1.29 is 49.4 Å². The molecule has 3 aromatic carbocycles. The SMILES string of the molecule is [Eu+3].c1ccc([PH+](c2ccccc2)c2ccccc2)cc1. The fourth-order valence-electron chi connectivity index (χ4n) is 2.31. The Balaban J connectivity index is 0.00000147. The molecule has 2 heteroatoms. The summed E-state index contributed by atoms with van der Waals surface area (Å²) in [7, 11) is -0.877. The number of hydrogen-bond donors (Lipinski definition) is 0. The van der Waals surface area contributed by atoms with E-state index in [1.54, 1.807) is 0 Å². The minimum atomic E-state index is -0.877. The van der Waals surface area contributed by atoms with Crippen LogP contribution in [0.3, 0.4) is 0 Å². The predicted octanol–water partition coefficient (Wildman–Crippen LogP) is 3.18. The van der Waals surface area contributed by atoms with E-state index < -0.39 is 7.92 Å². The minimum absolute atomic E-state index is 0. The van der Waals surface area contributed by atoms with Crippen LogP contribution in [-0.4, -0.2) is 0 Å². The van der Waals surface area contributed by atoms with Gasteiger partial charge in [-0.05, 0) is 36.4 Å². The van der Waals surface area contributed by atoms with E-state index in [9.17, 15) is 0 Å². The van der Waals surface area contributed by atoms with E-state index in [1.165, 1.54) is 15.9 Å². The monoisotopic (exact) mass is 416 g/mol. The van der Waals surface area contributed by atoms with Gasteiger partial charge < -0.3 is 0 Å². The zero-order valence-corrected chi connectivity index (χ0v) is 14.5. The van der Waals surface area contributed by atoms with Crippen LogP contribution < -0.4 is 15.9 Å². The van der Waals surface area contributed by atoms with Crippen LogP contribution in [-0.2, 0) is 0 Å². The van der Waals surface area contributed by atoms with Crippen LogP contribution in [0.15, 0.2) is 91.0 Å². The van der Waals surface area contributed by atoms with Crippen molar-refractivity contribution in [2.24, 2.45) is 0 Å². The van der Waals surface area contributed by atoms with Gasteiger partial charge in [0, 0.05) is 0 Å². The zero-order chi connectivity index (χ0) is 12.9. The Bertz CT molecular complexity index is 529. The Morgan fingerprint density at radius 1 is 0.400 bits per heavy atom. The molecule has 0 aliphatic rings. The van der Waals surface area contributed by atoms with E-state index in [0.717, 1.165) is 0 Å². The molecule has 3 rings (SSSR count). The van der Waals surface area contributed by atoms with Gasteiger partial charge >= 0.3 is 49.4 Å². The van der Waals surface area contributed by atoms with Gasteiger partial charge in [-0.15, -0.1) is 0 Å². The van der Waals surface area contributed by atoms with E-state index in [0.29, 0.717) is 0 Å². The third kappa shape index (κ3) is 3.86. The molecule has 0 aliphatic heterocycles. The first-order valence-electron chi connectivity index (χ1n) is 6.48. The number of benzene rings is 3. The molecule has 0 spiro atoms. The standard InChI is InChI=1S/C18H15P.Eu/c1-4-10-16(11-5-1)19(17-12-6-2-7-13-17)18-14-8-3-9-15-18;/h1-15H;/q;+3/p+1. The van der Waals surface area contributed by atoms with Crippen molar-refractivity contribution in [2.45, 2.75) is 0 Å². The normalized spacial score (nSPS) is 10.1. The van der Waals surface area contributed by atoms with Crippen LogP contribution in [0.25, 0.3) is 0 Å². The molecule has 0 heterocycles. The van der Waals surface area contributed by atoms with Crippen molar-refractivity contribution in [1.82, 2.24) is 0 Å². The molecule has 0 fully saturated rings. The fourth-order valence-corrected chi connectivity index (χ4v) is 4.89. The molecular formula is C18H16EuP+4. The maximum atomic E-state index is 2.24. The molecule has 0 nitrogen and oxygen atoms in total. The summed E-state index contributed by atoms with van der Waals surface area (Å²) in [6.45, 7) is 0. The second-order valence-corrected chi connectivity index (χ2v) is 6.96. The van der Waals surface area contributed by atoms with Crippen molar-refractivity contribution in [3.63, 3.8) is 0 Å². The third-order valence-corrected chi connectivity index (χ3v) is 5.92. The summed E-state index contributed by atoms with van der Waals surface area (Å²) in [6, 6.07) is 32.5. The number of rotatable bonds is 3. The maximum absolute atomic E-state index is 2.24. The van der Waals surface area contributed by atoms with Gasteiger partial charge in [0.15, 0.2) is 0 Å². The van der Waals surface area contributed by atoms with Crippen molar-refractivity contribution >= 4 is 23.8 Å². The Morgan fingerprint density at radius 2 is 0.650 bits per heavy atom. The Kier molecular flexibility index (Phi) is 6.58. The molecule has 0 aromatic heterocycles. The van der Waals surface area contributed by atoms with E-state index in [1.807, 2.05) is 0 Å². The molecular weight excluding hydrogens is 399 g/mol. The first kappa shape index (κ1) is 16.1. The molecule has 0 atom stereocenters. The van der Waals surface area contributed by atoms with Crippen LogP contribution in [0.2, 0.25) is 0 Å². The maximum Gasteiger partial charge on any atom is 3.00 e. The Morgan fingerprint density at radius 3 is 0.900 bits per heavy atom. The van der Waals surface area contributed by atoms with Crippen LogP contribution in [0, 0.1) is 49.4 Å². The van der Waals surface area contributed by atoms with Gasteiger partial charge in [0.2, 0.25) is 0 Å². The van der Waals surface area contributed by atoms with Gasteiger partial charge in [0.25, 0.3) is 0 Å². The van der Waals surface area contributed by atoms with Crippen LogP contribution >= 0.6 is 7.92 Å². The third-order valence-electron chi connectivity index (χ3n) is 3.19. The second-order valence-electron chi connectivity index (χ2n) is 4.47. The smallest absolute Gasteiger partial charge is 0.0620 e. The van der Waals surface area contributed by atoms with Crippen molar-refractivity contribution in [1.29, 1.82) is 0 Å². The fraction of sp³-hybridized carbons (Fsp3) is 0. The quantitative estimate of drug-likeness (QED) is 0.577. The van der Waals surface area contributed by atoms with Gasteiger partial charge in [-0.3, -0.25) is 0 Å². The summed E-state index contributed by atoms with van der Waals surface area (Å²) in [5.74, 6) is 0. The van der Waals surface area contributed by atoms with Crippen LogP contribution in [0.1, 0.15) is 0 Å². The summed E-state index contributed by atoms with van der Waals surface area (Å²) < 4.78 is 0. The molecule has 0 amide bonds. The number of hydrogen-bond acceptors (Lipinski definition) is 0. The summed E-state index contributed by atoms with van der Waals surface area (Å²) in [6.07, 6.45) is 0. The Labute approximate surface area is 162 Å². The average Bonchev–Trinajstić information content (AvgIpc) is 2.51. The molecule has 20 heavy (non-hydrogen) atoms. The largest absolute Gasteiger partial charge is 3.00 e. The van der Waals surface area contributed by atoms with E-state index in [4.69, 9.17) is 0 Å². The first-order valence-corrected chi connectivity index (χ1v) is 7.98. The molecule has 96 valence electrons. The molecule has 0 saturated carbocycles. The van der Waals surface area contributed by atoms with Crippen LogP contribution in [0.4, 0.5) is 0 Å². The molecule has 0 saturated heterocycles. The molecule has 0 unspecified atom stereocenters. The van der Waals surface area contributed by atoms with Gasteiger partial charge in [-0.1, -0.05) is 54.6 Å². The van der Waals surface area contributed by atoms with Gasteiger partial charge in [0.1, 0.15) is 15.9 Å². The second kappa shape index (κ2) is 8.20. The topological polar surface area (TPSA) is 0 Å². The molecule has 0 bridgehead atoms. The molecule has 0 aliphatic carbocycles. The van der Waals surface area contributed by atoms with E-state index in [-0.39, 0.29) is 49.4 Å². The minimum Gasteiger partial charge on any atom is -0.0620 e. The van der Waals surface area contributed by atoms with Crippen molar-refractivity contribution in [3.8, 4) is 0 Å². The van der Waals surface area contributed by atoms with Gasteiger partial charge in [-0.2, -0.15) is 0 Å². The zero-order valence-electron chi connectivity index (χ0n) is 11.0. The summed E-state index contributed by atoms with van der Waals surface area (Å²) >= 11 is 0. The molecule has 0 radical (unpaired) electrons. The van der Waals surface area contributed by atoms with Gasteiger partial charge in [-0.25, -0.2) is 0 Å². The van der Waals surface area contributed by atoms with Crippen LogP contribution in [0.5, 0.6) is 0 Å². The predicted molar refractivity (Wildman–Crippen MR) is 86.5 cm³/mol. The van der Waals surface area contributed by atoms with E-state index in [2.05, 4.69) is 91.0 Å².